The van der Waals surface area contributed by atoms with Crippen LogP contribution in [0.1, 0.15) is 93.9 Å². The second-order valence-electron chi connectivity index (χ2n) is 13.8. The zero-order valence-corrected chi connectivity index (χ0v) is 26.0. The van der Waals surface area contributed by atoms with Crippen molar-refractivity contribution in [1.82, 2.24) is 21.3 Å². The van der Waals surface area contributed by atoms with Crippen molar-refractivity contribution in [2.75, 3.05) is 6.54 Å². The van der Waals surface area contributed by atoms with Gasteiger partial charge < -0.3 is 35.7 Å². The third-order valence-electron chi connectivity index (χ3n) is 9.46. The highest BCUT2D eigenvalue weighted by Gasteiger charge is 2.68. The first-order valence-electron chi connectivity index (χ1n) is 15.3. The van der Waals surface area contributed by atoms with Crippen LogP contribution < -0.4 is 21.3 Å². The highest BCUT2D eigenvalue weighted by Crippen LogP contribution is 2.65. The summed E-state index contributed by atoms with van der Waals surface area (Å²) in [5, 5.41) is 19.8. The molecule has 3 aliphatic carbocycles. The molecule has 1 aliphatic heterocycles. The van der Waals surface area contributed by atoms with Gasteiger partial charge in [0.15, 0.2) is 0 Å². The zero-order chi connectivity index (χ0) is 30.7. The molecule has 4 fully saturated rings. The summed E-state index contributed by atoms with van der Waals surface area (Å²) < 4.78 is 13.2. The molecule has 1 saturated heterocycles. The first-order chi connectivity index (χ1) is 19.1. The lowest BCUT2D eigenvalue weighted by Crippen LogP contribution is -2.65. The maximum Gasteiger partial charge on any atom is 0.481 e. The number of carbonyl (C=O) groups is 4. The molecule has 5 N–H and O–H groups in total. The van der Waals surface area contributed by atoms with E-state index in [9.17, 15) is 19.2 Å². The van der Waals surface area contributed by atoms with Crippen molar-refractivity contribution in [3.05, 3.63) is 0 Å². The highest BCUT2D eigenvalue weighted by molar-refractivity contribution is 6.48. The second kappa shape index (κ2) is 13.3. The van der Waals surface area contributed by atoms with Gasteiger partial charge in [0, 0.05) is 12.5 Å². The van der Waals surface area contributed by atoms with E-state index in [1.54, 1.807) is 20.8 Å². The Morgan fingerprint density at radius 3 is 2.20 bits per heavy atom. The first-order valence-corrected chi connectivity index (χ1v) is 15.3. The average molecular weight is 579 g/mol. The Morgan fingerprint density at radius 1 is 0.927 bits per heavy atom. The fourth-order valence-corrected chi connectivity index (χ4v) is 6.78. The molecule has 3 unspecified atom stereocenters. The van der Waals surface area contributed by atoms with Crippen molar-refractivity contribution in [3.8, 4) is 0 Å². The molecule has 4 rings (SSSR count). The van der Waals surface area contributed by atoms with Crippen molar-refractivity contribution in [3.63, 3.8) is 0 Å². The molecule has 0 aromatic rings. The van der Waals surface area contributed by atoms with Gasteiger partial charge in [0.1, 0.15) is 12.1 Å². The van der Waals surface area contributed by atoms with Crippen molar-refractivity contribution >= 4 is 30.9 Å². The molecule has 3 saturated carbocycles. The Balaban J connectivity index is 1.70. The average Bonchev–Trinajstić information content (AvgIpc) is 3.23. The largest absolute Gasteiger partial charge is 0.481 e. The number of amides is 4. The van der Waals surface area contributed by atoms with E-state index >= 15 is 0 Å². The van der Waals surface area contributed by atoms with E-state index in [1.807, 2.05) is 0 Å². The molecule has 0 aromatic heterocycles. The molecular formula is C29H51BN4O7. The molecule has 0 radical (unpaired) electrons. The lowest BCUT2D eigenvalue weighted by atomic mass is 9.43. The third-order valence-corrected chi connectivity index (χ3v) is 9.46. The minimum Gasteiger partial charge on any atom is -0.465 e. The SMILES string of the molecule is CC(C)CC(NC(=O)C(CCCCNC(=O)O)NC(=O)C(C)NC(=O)C(C)C)B1O[C@@H]2C[C@@H]3C[C@@H](C3(C)C)[C@]2(C)O1. The summed E-state index contributed by atoms with van der Waals surface area (Å²) >= 11 is 0. The van der Waals surface area contributed by atoms with E-state index in [-0.39, 0.29) is 41.7 Å². The number of carbonyl (C=O) groups excluding carboxylic acids is 3. The van der Waals surface area contributed by atoms with Crippen LogP contribution >= 0.6 is 0 Å². The topological polar surface area (TPSA) is 155 Å². The van der Waals surface area contributed by atoms with Crippen LogP contribution in [0, 0.1) is 29.1 Å². The summed E-state index contributed by atoms with van der Waals surface area (Å²) in [6.45, 7) is 16.2. The van der Waals surface area contributed by atoms with Crippen molar-refractivity contribution in [2.24, 2.45) is 29.1 Å². The normalized spacial score (nSPS) is 28.2. The van der Waals surface area contributed by atoms with E-state index < -0.39 is 42.7 Å². The second-order valence-corrected chi connectivity index (χ2v) is 13.8. The molecule has 12 heteroatoms. The molecule has 11 nitrogen and oxygen atoms in total. The maximum atomic E-state index is 13.7. The van der Waals surface area contributed by atoms with Crippen LogP contribution in [0.4, 0.5) is 4.79 Å². The van der Waals surface area contributed by atoms with Gasteiger partial charge in [0.05, 0.1) is 17.6 Å². The van der Waals surface area contributed by atoms with Gasteiger partial charge in [0.2, 0.25) is 17.7 Å². The minimum absolute atomic E-state index is 0.0153. The fraction of sp³-hybridized carbons (Fsp3) is 0.862. The predicted octanol–water partition coefficient (Wildman–Crippen LogP) is 2.87. The summed E-state index contributed by atoms with van der Waals surface area (Å²) in [5.74, 6) is -0.488. The molecule has 7 atom stereocenters. The van der Waals surface area contributed by atoms with Crippen molar-refractivity contribution in [1.29, 1.82) is 0 Å². The van der Waals surface area contributed by atoms with Crippen LogP contribution in [-0.2, 0) is 23.7 Å². The van der Waals surface area contributed by atoms with E-state index in [2.05, 4.69) is 55.9 Å². The summed E-state index contributed by atoms with van der Waals surface area (Å²) in [4.78, 5) is 49.6. The van der Waals surface area contributed by atoms with E-state index in [4.69, 9.17) is 14.4 Å². The van der Waals surface area contributed by atoms with E-state index in [0.29, 0.717) is 37.5 Å². The van der Waals surface area contributed by atoms with E-state index in [1.165, 1.54) is 0 Å². The van der Waals surface area contributed by atoms with Gasteiger partial charge >= 0.3 is 13.2 Å². The zero-order valence-electron chi connectivity index (χ0n) is 26.0. The van der Waals surface area contributed by atoms with Gasteiger partial charge in [-0.25, -0.2) is 4.79 Å². The molecule has 232 valence electrons. The number of unbranched alkanes of at least 4 members (excludes halogenated alkanes) is 1. The summed E-state index contributed by atoms with van der Waals surface area (Å²) in [6.07, 6.45) is 2.92. The lowest BCUT2D eigenvalue weighted by molar-refractivity contribution is -0.199. The standard InChI is InChI=1S/C29H51BN4O7/c1-16(2)13-23(30-40-22-15-19-14-21(28(19,6)7)29(22,8)41-30)34-26(37)20(11-9-10-12-31-27(38)39)33-25(36)18(5)32-24(35)17(3)4/h16-23,31H,9-15H2,1-8H3,(H,32,35)(H,33,36)(H,34,37)(H,38,39)/t18?,19-,20?,21-,22+,23?,29-/m0/s1. The quantitative estimate of drug-likeness (QED) is 0.157. The number of hydrogen-bond acceptors (Lipinski definition) is 6. The van der Waals surface area contributed by atoms with Gasteiger partial charge in [-0.1, -0.05) is 41.5 Å². The van der Waals surface area contributed by atoms with Gasteiger partial charge in [-0.15, -0.1) is 0 Å². The van der Waals surface area contributed by atoms with Crippen LogP contribution in [0.15, 0.2) is 0 Å². The highest BCUT2D eigenvalue weighted by atomic mass is 16.7. The number of hydrogen-bond donors (Lipinski definition) is 5. The molecule has 4 aliphatic rings. The summed E-state index contributed by atoms with van der Waals surface area (Å²) in [6, 6.07) is -1.69. The first kappa shape index (κ1) is 33.2. The maximum absolute atomic E-state index is 13.7. The Hall–Kier alpha value is -2.34. The summed E-state index contributed by atoms with van der Waals surface area (Å²) in [7, 11) is -0.591. The Kier molecular flexibility index (Phi) is 10.8. The van der Waals surface area contributed by atoms with E-state index in [0.717, 1.165) is 12.8 Å². The Labute approximate surface area is 245 Å². The van der Waals surface area contributed by atoms with Gasteiger partial charge in [0.25, 0.3) is 0 Å². The smallest absolute Gasteiger partial charge is 0.465 e. The molecule has 41 heavy (non-hydrogen) atoms. The van der Waals surface area contributed by atoms with Crippen LogP contribution in [0.25, 0.3) is 0 Å². The van der Waals surface area contributed by atoms with Crippen LogP contribution in [0.2, 0.25) is 0 Å². The number of nitrogens with one attached hydrogen (secondary N) is 4. The van der Waals surface area contributed by atoms with Gasteiger partial charge in [-0.05, 0) is 75.5 Å². The van der Waals surface area contributed by atoms with Crippen LogP contribution in [0.5, 0.6) is 0 Å². The van der Waals surface area contributed by atoms with Gasteiger partial charge in [-0.2, -0.15) is 0 Å². The summed E-state index contributed by atoms with van der Waals surface area (Å²) in [5.41, 5.74) is -0.204. The predicted molar refractivity (Wildman–Crippen MR) is 156 cm³/mol. The van der Waals surface area contributed by atoms with Gasteiger partial charge in [-0.3, -0.25) is 14.4 Å². The molecule has 1 heterocycles. The molecule has 4 amide bonds. The monoisotopic (exact) mass is 578 g/mol. The molecule has 0 spiro atoms. The lowest BCUT2D eigenvalue weighted by Gasteiger charge is -2.64. The Bertz CT molecular complexity index is 977. The molecular weight excluding hydrogens is 527 g/mol. The Morgan fingerprint density at radius 2 is 1.61 bits per heavy atom. The minimum atomic E-state index is -1.11. The molecule has 2 bridgehead atoms. The van der Waals surface area contributed by atoms with Crippen molar-refractivity contribution in [2.45, 2.75) is 124 Å². The fourth-order valence-electron chi connectivity index (χ4n) is 6.78. The number of rotatable bonds is 14. The van der Waals surface area contributed by atoms with Crippen molar-refractivity contribution < 1.29 is 33.6 Å². The van der Waals surface area contributed by atoms with Crippen LogP contribution in [-0.4, -0.2) is 72.3 Å². The molecule has 0 aromatic carbocycles. The third kappa shape index (κ3) is 7.74. The number of carboxylic acid groups (broad SMARTS) is 1. The van der Waals surface area contributed by atoms with Crippen LogP contribution in [0.3, 0.4) is 0 Å².